The molecule has 25 heavy (non-hydrogen) atoms. The van der Waals surface area contributed by atoms with Gasteiger partial charge in [0, 0.05) is 6.07 Å². The quantitative estimate of drug-likeness (QED) is 0.243. The molecule has 0 bridgehead atoms. The number of carbonyl (C=O) groups excluding carboxylic acids is 1. The normalized spacial score (nSPS) is 10.7. The lowest BCUT2D eigenvalue weighted by Gasteiger charge is -2.05. The van der Waals surface area contributed by atoms with Crippen LogP contribution in [0.5, 0.6) is 11.5 Å². The fraction of sp³-hybridized carbons (Fsp3) is 0.389. The van der Waals surface area contributed by atoms with Gasteiger partial charge in [0.2, 0.25) is 0 Å². The number of aliphatic hydroxyl groups is 1. The summed E-state index contributed by atoms with van der Waals surface area (Å²) in [5.41, 5.74) is 12.2. The molecule has 0 radical (unpaired) electrons. The van der Waals surface area contributed by atoms with Gasteiger partial charge in [-0.3, -0.25) is 0 Å². The maximum Gasteiger partial charge on any atom is 0.419 e. The standard InChI is InChI=1S/C18H22N2O5/c1-4-25-18(22)17(20-19)16(21)9-7-5-6-8-13-10-14(23-2)12-15(11-13)24-3/h5,8,10-12,16,21H,4,7,9H2,1-3H3. The van der Waals surface area contributed by atoms with Crippen LogP contribution in [-0.2, 0) is 9.53 Å². The first-order valence-corrected chi connectivity index (χ1v) is 7.76. The maximum absolute atomic E-state index is 11.5. The Labute approximate surface area is 146 Å². The first-order chi connectivity index (χ1) is 12.0. The van der Waals surface area contributed by atoms with Gasteiger partial charge in [-0.15, -0.1) is 5.73 Å². The van der Waals surface area contributed by atoms with Crippen LogP contribution in [-0.4, -0.2) is 48.5 Å². The number of aliphatic hydroxyl groups excluding tert-OH is 1. The van der Waals surface area contributed by atoms with E-state index in [-0.39, 0.29) is 13.0 Å². The number of nitrogens with zero attached hydrogens (tertiary/aromatic N) is 2. The third-order valence-corrected chi connectivity index (χ3v) is 3.23. The van der Waals surface area contributed by atoms with Crippen molar-refractivity contribution in [2.24, 2.45) is 0 Å². The van der Waals surface area contributed by atoms with Crippen molar-refractivity contribution in [2.45, 2.75) is 25.9 Å². The largest absolute Gasteiger partial charge is 0.497 e. The van der Waals surface area contributed by atoms with Crippen molar-refractivity contribution >= 4 is 17.8 Å². The highest BCUT2D eigenvalue weighted by molar-refractivity contribution is 6.35. The summed E-state index contributed by atoms with van der Waals surface area (Å²) in [6.45, 7) is 1.76. The second kappa shape index (κ2) is 10.8. The van der Waals surface area contributed by atoms with Crippen molar-refractivity contribution in [3.63, 3.8) is 0 Å². The van der Waals surface area contributed by atoms with Gasteiger partial charge in [-0.05, 0) is 49.6 Å². The number of hydrogen-bond donors (Lipinski definition) is 1. The number of ether oxygens (including phenoxy) is 3. The second-order valence-electron chi connectivity index (χ2n) is 4.96. The molecule has 0 amide bonds. The molecule has 1 unspecified atom stereocenters. The van der Waals surface area contributed by atoms with Gasteiger partial charge in [0.25, 0.3) is 0 Å². The highest BCUT2D eigenvalue weighted by Crippen LogP contribution is 2.23. The Bertz CT molecular complexity index is 679. The van der Waals surface area contributed by atoms with E-state index in [2.05, 4.69) is 10.5 Å². The molecule has 0 fully saturated rings. The summed E-state index contributed by atoms with van der Waals surface area (Å²) in [5, 5.41) is 9.88. The van der Waals surface area contributed by atoms with E-state index in [1.54, 1.807) is 39.4 Å². The first kappa shape index (κ1) is 20.2. The van der Waals surface area contributed by atoms with E-state index >= 15 is 0 Å². The van der Waals surface area contributed by atoms with Crippen LogP contribution in [0.25, 0.3) is 11.6 Å². The molecule has 1 aromatic rings. The molecule has 0 aliphatic carbocycles. The van der Waals surface area contributed by atoms with Crippen molar-refractivity contribution in [3.05, 3.63) is 41.1 Å². The predicted octanol–water partition coefficient (Wildman–Crippen LogP) is 2.25. The topological polar surface area (TPSA) is 101 Å². The predicted molar refractivity (Wildman–Crippen MR) is 92.6 cm³/mol. The lowest BCUT2D eigenvalue weighted by atomic mass is 10.1. The maximum atomic E-state index is 11.5. The molecule has 0 aliphatic rings. The van der Waals surface area contributed by atoms with Crippen molar-refractivity contribution in [1.82, 2.24) is 0 Å². The van der Waals surface area contributed by atoms with Crippen molar-refractivity contribution < 1.29 is 28.9 Å². The highest BCUT2D eigenvalue weighted by atomic mass is 16.5. The molecule has 7 nitrogen and oxygen atoms in total. The minimum Gasteiger partial charge on any atom is -0.497 e. The monoisotopic (exact) mass is 346 g/mol. The average Bonchev–Trinajstić information content (AvgIpc) is 2.61. The van der Waals surface area contributed by atoms with Crippen molar-refractivity contribution in [2.75, 3.05) is 20.8 Å². The van der Waals surface area contributed by atoms with E-state index < -0.39 is 17.8 Å². The molecule has 0 saturated carbocycles. The summed E-state index contributed by atoms with van der Waals surface area (Å²) in [6, 6.07) is 5.42. The van der Waals surface area contributed by atoms with Crippen LogP contribution in [0.2, 0.25) is 0 Å². The molecule has 0 heterocycles. The summed E-state index contributed by atoms with van der Waals surface area (Å²) in [4.78, 5) is 14.3. The molecule has 1 aromatic carbocycles. The lowest BCUT2D eigenvalue weighted by Crippen LogP contribution is -2.31. The molecule has 1 rings (SSSR count). The van der Waals surface area contributed by atoms with Crippen molar-refractivity contribution in [3.8, 4) is 11.5 Å². The molecule has 0 aliphatic heterocycles. The number of methoxy groups -OCH3 is 2. The number of hydrogen-bond acceptors (Lipinski definition) is 5. The Kier molecular flexibility index (Phi) is 8.75. The second-order valence-corrected chi connectivity index (χ2v) is 4.96. The molecule has 1 atom stereocenters. The lowest BCUT2D eigenvalue weighted by molar-refractivity contribution is -0.141. The summed E-state index contributed by atoms with van der Waals surface area (Å²) >= 11 is 0. The van der Waals surface area contributed by atoms with E-state index in [4.69, 9.17) is 19.7 Å². The molecule has 0 aromatic heterocycles. The number of esters is 1. The van der Waals surface area contributed by atoms with E-state index in [1.807, 2.05) is 12.1 Å². The smallest absolute Gasteiger partial charge is 0.419 e. The zero-order chi connectivity index (χ0) is 18.7. The molecular weight excluding hydrogens is 324 g/mol. The van der Waals surface area contributed by atoms with Gasteiger partial charge in [-0.2, -0.15) is 4.79 Å². The van der Waals surface area contributed by atoms with Crippen LogP contribution in [0, 0.1) is 0 Å². The third kappa shape index (κ3) is 6.65. The molecular formula is C18H22N2O5. The van der Waals surface area contributed by atoms with Crippen LogP contribution >= 0.6 is 0 Å². The van der Waals surface area contributed by atoms with Crippen LogP contribution in [0.4, 0.5) is 0 Å². The van der Waals surface area contributed by atoms with E-state index in [9.17, 15) is 9.90 Å². The summed E-state index contributed by atoms with van der Waals surface area (Å²) in [5.74, 6) is 0.502. The fourth-order valence-electron chi connectivity index (χ4n) is 1.98. The number of rotatable bonds is 9. The average molecular weight is 346 g/mol. The zero-order valence-corrected chi connectivity index (χ0v) is 14.6. The Morgan fingerprint density at radius 3 is 2.48 bits per heavy atom. The van der Waals surface area contributed by atoms with Gasteiger partial charge < -0.3 is 24.8 Å². The first-order valence-electron chi connectivity index (χ1n) is 7.76. The van der Waals surface area contributed by atoms with E-state index in [0.29, 0.717) is 17.9 Å². The minimum atomic E-state index is -1.21. The summed E-state index contributed by atoms with van der Waals surface area (Å²) < 4.78 is 15.1. The van der Waals surface area contributed by atoms with E-state index in [0.717, 1.165) is 5.56 Å². The van der Waals surface area contributed by atoms with Crippen LogP contribution in [0.15, 0.2) is 30.0 Å². The molecule has 7 heteroatoms. The van der Waals surface area contributed by atoms with Gasteiger partial charge in [0.1, 0.15) is 11.5 Å². The zero-order valence-electron chi connectivity index (χ0n) is 14.6. The van der Waals surface area contributed by atoms with Gasteiger partial charge in [0.15, 0.2) is 6.10 Å². The molecule has 0 spiro atoms. The Hall–Kier alpha value is -2.85. The van der Waals surface area contributed by atoms with Gasteiger partial charge in [-0.1, -0.05) is 0 Å². The Morgan fingerprint density at radius 1 is 1.32 bits per heavy atom. The highest BCUT2D eigenvalue weighted by Gasteiger charge is 2.30. The van der Waals surface area contributed by atoms with E-state index in [1.165, 1.54) is 0 Å². The number of allylic oxidation sites excluding steroid dienone is 1. The minimum absolute atomic E-state index is 0.136. The Balaban J connectivity index is 2.67. The van der Waals surface area contributed by atoms with Crippen LogP contribution in [0.3, 0.4) is 0 Å². The Morgan fingerprint density at radius 2 is 1.96 bits per heavy atom. The molecule has 134 valence electrons. The number of benzene rings is 1. The summed E-state index contributed by atoms with van der Waals surface area (Å²) in [6.07, 6.45) is 2.86. The van der Waals surface area contributed by atoms with Gasteiger partial charge >= 0.3 is 11.7 Å². The van der Waals surface area contributed by atoms with Crippen molar-refractivity contribution in [1.29, 1.82) is 0 Å². The fourth-order valence-corrected chi connectivity index (χ4v) is 1.98. The van der Waals surface area contributed by atoms with Gasteiger partial charge in [0.05, 0.1) is 20.8 Å². The summed E-state index contributed by atoms with van der Waals surface area (Å²) in [7, 11) is 3.15. The SMILES string of the molecule is CCOC(=O)C(=[N+]=[N-])C(O)CCC=C=Cc1cc(OC)cc(OC)c1. The van der Waals surface area contributed by atoms with Gasteiger partial charge in [-0.25, -0.2) is 4.79 Å². The number of carbonyl (C=O) groups is 1. The van der Waals surface area contributed by atoms with Crippen LogP contribution in [0.1, 0.15) is 25.3 Å². The molecule has 0 saturated heterocycles. The molecule has 1 N–H and O–H groups in total. The third-order valence-electron chi connectivity index (χ3n) is 3.23. The van der Waals surface area contributed by atoms with Crippen LogP contribution < -0.4 is 9.47 Å².